The minimum atomic E-state index is -1.06. The fourth-order valence-electron chi connectivity index (χ4n) is 2.45. The summed E-state index contributed by atoms with van der Waals surface area (Å²) in [6.45, 7) is 5.30. The summed E-state index contributed by atoms with van der Waals surface area (Å²) in [5.41, 5.74) is -0.320. The van der Waals surface area contributed by atoms with Crippen LogP contribution >= 0.6 is 11.3 Å². The molecule has 0 bridgehead atoms. The van der Waals surface area contributed by atoms with Crippen molar-refractivity contribution < 1.29 is 27.9 Å². The van der Waals surface area contributed by atoms with Crippen molar-refractivity contribution in [2.45, 2.75) is 33.2 Å². The summed E-state index contributed by atoms with van der Waals surface area (Å²) < 4.78 is 32.5. The molecule has 2 aromatic rings. The lowest BCUT2D eigenvalue weighted by molar-refractivity contribution is -0.142. The molecular formula is C19H21F2N3O4S. The first kappa shape index (κ1) is 22.4. The number of esters is 1. The molecular weight excluding hydrogens is 404 g/mol. The molecule has 29 heavy (non-hydrogen) atoms. The average molecular weight is 425 g/mol. The topological polar surface area (TPSA) is 97.4 Å². The molecule has 1 aromatic carbocycles. The first-order valence-corrected chi connectivity index (χ1v) is 9.76. The standard InChI is InChI=1S/C19H21F2N3O4S/c1-4-28-14(25)8-11-9-29-19(22-11)24-18(27)16(10(2)3)23-17(26)15-12(20)6-5-7-13(15)21/h5-7,9-10,16H,4,8H2,1-3H3,(H,23,26)(H,22,24,27). The molecule has 1 aromatic heterocycles. The van der Waals surface area contributed by atoms with Crippen molar-refractivity contribution in [1.82, 2.24) is 10.3 Å². The summed E-state index contributed by atoms with van der Waals surface area (Å²) in [4.78, 5) is 40.5. The van der Waals surface area contributed by atoms with E-state index in [0.717, 1.165) is 29.5 Å². The minimum absolute atomic E-state index is 0.0306. The van der Waals surface area contributed by atoms with Crippen LogP contribution < -0.4 is 10.6 Å². The lowest BCUT2D eigenvalue weighted by atomic mass is 10.0. The third-order valence-corrected chi connectivity index (χ3v) is 4.64. The Bertz CT molecular complexity index is 881. The summed E-state index contributed by atoms with van der Waals surface area (Å²) in [6, 6.07) is 2.01. The summed E-state index contributed by atoms with van der Waals surface area (Å²) in [6.07, 6.45) is -0.0306. The van der Waals surface area contributed by atoms with Gasteiger partial charge in [-0.25, -0.2) is 13.8 Å². The van der Waals surface area contributed by atoms with Crippen LogP contribution in [0.25, 0.3) is 0 Å². The van der Waals surface area contributed by atoms with E-state index in [1.807, 2.05) is 0 Å². The van der Waals surface area contributed by atoms with Gasteiger partial charge in [-0.15, -0.1) is 11.3 Å². The normalized spacial score (nSPS) is 11.8. The van der Waals surface area contributed by atoms with Crippen LogP contribution in [0.3, 0.4) is 0 Å². The van der Waals surface area contributed by atoms with E-state index >= 15 is 0 Å². The van der Waals surface area contributed by atoms with Gasteiger partial charge in [-0.1, -0.05) is 19.9 Å². The lowest BCUT2D eigenvalue weighted by Crippen LogP contribution is -2.47. The predicted molar refractivity (Wildman–Crippen MR) is 104 cm³/mol. The van der Waals surface area contributed by atoms with Gasteiger partial charge in [0.1, 0.15) is 23.2 Å². The molecule has 2 amide bonds. The molecule has 0 aliphatic rings. The fraction of sp³-hybridized carbons (Fsp3) is 0.368. The number of halogens is 2. The number of thiazole rings is 1. The van der Waals surface area contributed by atoms with Gasteiger partial charge in [0.2, 0.25) is 5.91 Å². The van der Waals surface area contributed by atoms with E-state index in [1.54, 1.807) is 26.2 Å². The third kappa shape index (κ3) is 6.05. The second kappa shape index (κ2) is 10.1. The van der Waals surface area contributed by atoms with Crippen molar-refractivity contribution in [1.29, 1.82) is 0 Å². The van der Waals surface area contributed by atoms with Gasteiger partial charge in [0.15, 0.2) is 5.13 Å². The fourth-order valence-corrected chi connectivity index (χ4v) is 3.16. The number of hydrogen-bond acceptors (Lipinski definition) is 6. The molecule has 0 aliphatic carbocycles. The summed E-state index contributed by atoms with van der Waals surface area (Å²) in [5, 5.41) is 6.74. The highest BCUT2D eigenvalue weighted by Gasteiger charge is 2.28. The largest absolute Gasteiger partial charge is 0.466 e. The molecule has 0 fully saturated rings. The van der Waals surface area contributed by atoms with Crippen LogP contribution in [0.4, 0.5) is 13.9 Å². The van der Waals surface area contributed by atoms with E-state index in [9.17, 15) is 23.2 Å². The number of rotatable bonds is 8. The Hall–Kier alpha value is -2.88. The molecule has 0 aliphatic heterocycles. The van der Waals surface area contributed by atoms with Crippen LogP contribution in [-0.4, -0.2) is 35.4 Å². The molecule has 0 spiro atoms. The van der Waals surface area contributed by atoms with Crippen LogP contribution in [0.5, 0.6) is 0 Å². The van der Waals surface area contributed by atoms with Gasteiger partial charge in [0.05, 0.1) is 18.7 Å². The Labute approximate surface area is 170 Å². The van der Waals surface area contributed by atoms with Gasteiger partial charge in [-0.05, 0) is 25.0 Å². The first-order chi connectivity index (χ1) is 13.7. The van der Waals surface area contributed by atoms with Crippen molar-refractivity contribution in [3.05, 3.63) is 46.5 Å². The number of nitrogens with zero attached hydrogens (tertiary/aromatic N) is 1. The Kier molecular flexibility index (Phi) is 7.77. The second-order valence-electron chi connectivity index (χ2n) is 6.41. The van der Waals surface area contributed by atoms with E-state index in [1.165, 1.54) is 0 Å². The third-order valence-electron chi connectivity index (χ3n) is 3.84. The van der Waals surface area contributed by atoms with Crippen molar-refractivity contribution in [3.8, 4) is 0 Å². The molecule has 7 nitrogen and oxygen atoms in total. The smallest absolute Gasteiger partial charge is 0.311 e. The van der Waals surface area contributed by atoms with E-state index in [0.29, 0.717) is 5.69 Å². The number of benzene rings is 1. The molecule has 1 unspecified atom stereocenters. The van der Waals surface area contributed by atoms with E-state index < -0.39 is 41.0 Å². The number of anilines is 1. The van der Waals surface area contributed by atoms with Gasteiger partial charge in [-0.2, -0.15) is 0 Å². The monoisotopic (exact) mass is 425 g/mol. The van der Waals surface area contributed by atoms with Crippen LogP contribution in [-0.2, 0) is 20.7 Å². The molecule has 156 valence electrons. The number of carbonyl (C=O) groups is 3. The van der Waals surface area contributed by atoms with Crippen molar-refractivity contribution in [2.24, 2.45) is 5.92 Å². The molecule has 0 saturated carbocycles. The maximum atomic E-state index is 13.8. The van der Waals surface area contributed by atoms with Crippen LogP contribution in [0, 0.1) is 17.6 Å². The SMILES string of the molecule is CCOC(=O)Cc1csc(NC(=O)C(NC(=O)c2c(F)cccc2F)C(C)C)n1. The number of ether oxygens (including phenoxy) is 1. The molecule has 1 heterocycles. The summed E-state index contributed by atoms with van der Waals surface area (Å²) >= 11 is 1.10. The molecule has 2 rings (SSSR count). The zero-order valence-corrected chi connectivity index (χ0v) is 16.9. The number of aromatic nitrogens is 1. The summed E-state index contributed by atoms with van der Waals surface area (Å²) in [7, 11) is 0. The lowest BCUT2D eigenvalue weighted by Gasteiger charge is -2.21. The van der Waals surface area contributed by atoms with E-state index in [4.69, 9.17) is 4.74 Å². The quantitative estimate of drug-likeness (QED) is 0.634. The highest BCUT2D eigenvalue weighted by atomic mass is 32.1. The number of amides is 2. The molecule has 10 heteroatoms. The second-order valence-corrected chi connectivity index (χ2v) is 7.26. The maximum Gasteiger partial charge on any atom is 0.311 e. The Balaban J connectivity index is 2.07. The van der Waals surface area contributed by atoms with Gasteiger partial charge < -0.3 is 15.4 Å². The van der Waals surface area contributed by atoms with E-state index in [2.05, 4.69) is 15.6 Å². The maximum absolute atomic E-state index is 13.8. The van der Waals surface area contributed by atoms with Gasteiger partial charge >= 0.3 is 5.97 Å². The molecule has 2 N–H and O–H groups in total. The molecule has 0 saturated heterocycles. The number of carbonyl (C=O) groups excluding carboxylic acids is 3. The Morgan fingerprint density at radius 2 is 1.86 bits per heavy atom. The number of hydrogen-bond donors (Lipinski definition) is 2. The first-order valence-electron chi connectivity index (χ1n) is 8.88. The van der Waals surface area contributed by atoms with Gasteiger partial charge in [-0.3, -0.25) is 14.4 Å². The Morgan fingerprint density at radius 3 is 2.45 bits per heavy atom. The van der Waals surface area contributed by atoms with E-state index in [-0.39, 0.29) is 24.1 Å². The van der Waals surface area contributed by atoms with Gasteiger partial charge in [0.25, 0.3) is 5.91 Å². The predicted octanol–water partition coefficient (Wildman–Crippen LogP) is 2.92. The van der Waals surface area contributed by atoms with Crippen LogP contribution in [0.15, 0.2) is 23.6 Å². The van der Waals surface area contributed by atoms with Crippen LogP contribution in [0.1, 0.15) is 36.8 Å². The number of nitrogens with one attached hydrogen (secondary N) is 2. The zero-order chi connectivity index (χ0) is 21.6. The molecule has 0 radical (unpaired) electrons. The van der Waals surface area contributed by atoms with Crippen molar-refractivity contribution in [2.75, 3.05) is 11.9 Å². The zero-order valence-electron chi connectivity index (χ0n) is 16.1. The van der Waals surface area contributed by atoms with Gasteiger partial charge in [0, 0.05) is 5.38 Å². The molecule has 1 atom stereocenters. The van der Waals surface area contributed by atoms with Crippen molar-refractivity contribution >= 4 is 34.3 Å². The minimum Gasteiger partial charge on any atom is -0.466 e. The highest BCUT2D eigenvalue weighted by molar-refractivity contribution is 7.13. The van der Waals surface area contributed by atoms with Crippen molar-refractivity contribution in [3.63, 3.8) is 0 Å². The highest BCUT2D eigenvalue weighted by Crippen LogP contribution is 2.18. The Morgan fingerprint density at radius 1 is 1.21 bits per heavy atom. The van der Waals surface area contributed by atoms with Crippen LogP contribution in [0.2, 0.25) is 0 Å². The summed E-state index contributed by atoms with van der Waals surface area (Å²) in [5.74, 6) is -4.47. The average Bonchev–Trinajstić information content (AvgIpc) is 3.05.